The Balaban J connectivity index is 1.86. The lowest BCUT2D eigenvalue weighted by Crippen LogP contribution is -2.49. The van der Waals surface area contributed by atoms with Crippen LogP contribution in [-0.2, 0) is 16.4 Å². The maximum atomic E-state index is 11.9. The molecule has 0 aliphatic carbocycles. The smallest absolute Gasteiger partial charge is 0.254 e. The van der Waals surface area contributed by atoms with E-state index in [1.54, 1.807) is 15.7 Å². The molecule has 2 aromatic rings. The predicted octanol–water partition coefficient (Wildman–Crippen LogP) is 0.158. The number of piperazine rings is 1. The van der Waals surface area contributed by atoms with Crippen molar-refractivity contribution in [2.45, 2.75) is 20.3 Å². The maximum Gasteiger partial charge on any atom is 0.254 e. The summed E-state index contributed by atoms with van der Waals surface area (Å²) in [6, 6.07) is 2.01. The van der Waals surface area contributed by atoms with E-state index < -0.39 is 10.0 Å². The Kier molecular flexibility index (Phi) is 4.00. The first-order valence-electron chi connectivity index (χ1n) is 7.47. The molecular weight excluding hydrogens is 304 g/mol. The van der Waals surface area contributed by atoms with E-state index in [1.165, 1.54) is 6.33 Å². The fraction of sp³-hybridized carbons (Fsp3) is 0.615. The van der Waals surface area contributed by atoms with Gasteiger partial charge in [0.05, 0.1) is 5.75 Å². The van der Waals surface area contributed by atoms with Crippen LogP contribution in [0.1, 0.15) is 19.5 Å². The molecule has 120 valence electrons. The van der Waals surface area contributed by atoms with Gasteiger partial charge < -0.3 is 4.90 Å². The highest BCUT2D eigenvalue weighted by atomic mass is 32.2. The molecule has 0 bridgehead atoms. The molecule has 3 heterocycles. The monoisotopic (exact) mass is 324 g/mol. The van der Waals surface area contributed by atoms with E-state index in [0.717, 1.165) is 17.9 Å². The average Bonchev–Trinajstić information content (AvgIpc) is 3.02. The highest BCUT2D eigenvalue weighted by molar-refractivity contribution is 7.89. The van der Waals surface area contributed by atoms with E-state index in [1.807, 2.05) is 13.0 Å². The molecule has 22 heavy (non-hydrogen) atoms. The van der Waals surface area contributed by atoms with Gasteiger partial charge in [0.2, 0.25) is 10.0 Å². The lowest BCUT2D eigenvalue weighted by atomic mass is 10.3. The van der Waals surface area contributed by atoms with Gasteiger partial charge in [-0.25, -0.2) is 13.4 Å². The highest BCUT2D eigenvalue weighted by Crippen LogP contribution is 2.19. The van der Waals surface area contributed by atoms with Crippen LogP contribution in [0.3, 0.4) is 0 Å². The standard InChI is InChI=1S/C13H20N6O2S/c1-3-11-9-12(19-13(16-11)14-10-15-19)17-5-7-18(8-6-17)22(20,21)4-2/h9-10H,3-8H2,1-2H3. The van der Waals surface area contributed by atoms with Crippen LogP contribution in [0.15, 0.2) is 12.4 Å². The van der Waals surface area contributed by atoms with Gasteiger partial charge in [-0.2, -0.15) is 18.9 Å². The van der Waals surface area contributed by atoms with E-state index in [4.69, 9.17) is 0 Å². The third-order valence-electron chi connectivity index (χ3n) is 3.97. The molecule has 1 aliphatic heterocycles. The Morgan fingerprint density at radius 3 is 2.55 bits per heavy atom. The van der Waals surface area contributed by atoms with Crippen molar-refractivity contribution in [2.75, 3.05) is 36.8 Å². The summed E-state index contributed by atoms with van der Waals surface area (Å²) in [7, 11) is -3.11. The Hall–Kier alpha value is -1.74. The van der Waals surface area contributed by atoms with Crippen molar-refractivity contribution >= 4 is 21.6 Å². The molecule has 1 fully saturated rings. The minimum Gasteiger partial charge on any atom is -0.354 e. The van der Waals surface area contributed by atoms with Gasteiger partial charge in [-0.15, -0.1) is 0 Å². The maximum absolute atomic E-state index is 11.9. The number of nitrogens with zero attached hydrogens (tertiary/aromatic N) is 6. The van der Waals surface area contributed by atoms with Crippen molar-refractivity contribution in [3.63, 3.8) is 0 Å². The normalized spacial score (nSPS) is 17.3. The minimum absolute atomic E-state index is 0.148. The van der Waals surface area contributed by atoms with Crippen molar-refractivity contribution in [3.8, 4) is 0 Å². The van der Waals surface area contributed by atoms with Crippen molar-refractivity contribution in [3.05, 3.63) is 18.1 Å². The number of sulfonamides is 1. The number of hydrogen-bond acceptors (Lipinski definition) is 6. The van der Waals surface area contributed by atoms with Crippen LogP contribution in [0, 0.1) is 0 Å². The molecule has 0 saturated carbocycles. The Bertz CT molecular complexity index is 764. The lowest BCUT2D eigenvalue weighted by Gasteiger charge is -2.35. The molecule has 0 atom stereocenters. The van der Waals surface area contributed by atoms with Crippen LogP contribution < -0.4 is 4.90 Å². The second kappa shape index (κ2) is 5.81. The fourth-order valence-corrected chi connectivity index (χ4v) is 3.71. The molecule has 0 radical (unpaired) electrons. The fourth-order valence-electron chi connectivity index (χ4n) is 2.63. The number of hydrogen-bond donors (Lipinski definition) is 0. The van der Waals surface area contributed by atoms with Gasteiger partial charge in [-0.3, -0.25) is 0 Å². The van der Waals surface area contributed by atoms with Crippen LogP contribution in [0.2, 0.25) is 0 Å². The molecule has 0 unspecified atom stereocenters. The summed E-state index contributed by atoms with van der Waals surface area (Å²) < 4.78 is 27.1. The zero-order chi connectivity index (χ0) is 15.7. The van der Waals surface area contributed by atoms with Gasteiger partial charge in [0, 0.05) is 37.9 Å². The van der Waals surface area contributed by atoms with E-state index >= 15 is 0 Å². The third kappa shape index (κ3) is 2.66. The second-order valence-corrected chi connectivity index (χ2v) is 7.48. The van der Waals surface area contributed by atoms with Crippen molar-refractivity contribution in [1.29, 1.82) is 0 Å². The summed E-state index contributed by atoms with van der Waals surface area (Å²) in [5, 5.41) is 4.22. The number of aromatic nitrogens is 4. The van der Waals surface area contributed by atoms with Crippen molar-refractivity contribution in [1.82, 2.24) is 23.9 Å². The topological polar surface area (TPSA) is 83.7 Å². The molecule has 1 saturated heterocycles. The number of fused-ring (bicyclic) bond motifs is 1. The molecule has 3 rings (SSSR count). The second-order valence-electron chi connectivity index (χ2n) is 5.22. The Morgan fingerprint density at radius 1 is 1.18 bits per heavy atom. The summed E-state index contributed by atoms with van der Waals surface area (Å²) in [5.74, 6) is 1.65. The molecule has 0 N–H and O–H groups in total. The molecule has 8 nitrogen and oxygen atoms in total. The first-order valence-corrected chi connectivity index (χ1v) is 9.08. The van der Waals surface area contributed by atoms with Gasteiger partial charge in [-0.05, 0) is 13.3 Å². The molecule has 1 aliphatic rings. The molecule has 0 spiro atoms. The van der Waals surface area contributed by atoms with E-state index in [0.29, 0.717) is 32.0 Å². The number of anilines is 1. The zero-order valence-corrected chi connectivity index (χ0v) is 13.6. The molecular formula is C13H20N6O2S. The largest absolute Gasteiger partial charge is 0.354 e. The summed E-state index contributed by atoms with van der Waals surface area (Å²) >= 11 is 0. The first kappa shape index (κ1) is 15.2. The first-order chi connectivity index (χ1) is 10.5. The molecule has 0 aromatic carbocycles. The highest BCUT2D eigenvalue weighted by Gasteiger charge is 2.26. The molecule has 9 heteroatoms. The Labute approximate surface area is 129 Å². The van der Waals surface area contributed by atoms with Crippen LogP contribution >= 0.6 is 0 Å². The van der Waals surface area contributed by atoms with Gasteiger partial charge >= 0.3 is 0 Å². The summed E-state index contributed by atoms with van der Waals surface area (Å²) in [5.41, 5.74) is 0.958. The lowest BCUT2D eigenvalue weighted by molar-refractivity contribution is 0.383. The van der Waals surface area contributed by atoms with Gasteiger partial charge in [-0.1, -0.05) is 6.92 Å². The third-order valence-corrected chi connectivity index (χ3v) is 5.85. The molecule has 2 aromatic heterocycles. The average molecular weight is 324 g/mol. The number of rotatable bonds is 4. The summed E-state index contributed by atoms with van der Waals surface area (Å²) in [6.07, 6.45) is 2.31. The quantitative estimate of drug-likeness (QED) is 0.796. The summed E-state index contributed by atoms with van der Waals surface area (Å²) in [4.78, 5) is 10.7. The van der Waals surface area contributed by atoms with E-state index in [2.05, 4.69) is 20.0 Å². The van der Waals surface area contributed by atoms with Crippen LogP contribution in [0.25, 0.3) is 5.78 Å². The zero-order valence-electron chi connectivity index (χ0n) is 12.8. The number of aryl methyl sites for hydroxylation is 1. The molecule has 0 amide bonds. The van der Waals surface area contributed by atoms with Gasteiger partial charge in [0.25, 0.3) is 5.78 Å². The Morgan fingerprint density at radius 2 is 1.91 bits per heavy atom. The van der Waals surface area contributed by atoms with Crippen molar-refractivity contribution < 1.29 is 8.42 Å². The predicted molar refractivity (Wildman–Crippen MR) is 83.4 cm³/mol. The van der Waals surface area contributed by atoms with Crippen LogP contribution in [0.4, 0.5) is 5.82 Å². The SMILES string of the molecule is CCc1cc(N2CCN(S(=O)(=O)CC)CC2)n2ncnc2n1. The summed E-state index contributed by atoms with van der Waals surface area (Å²) in [6.45, 7) is 6.00. The minimum atomic E-state index is -3.11. The van der Waals surface area contributed by atoms with Crippen LogP contribution in [0.5, 0.6) is 0 Å². The van der Waals surface area contributed by atoms with E-state index in [-0.39, 0.29) is 5.75 Å². The van der Waals surface area contributed by atoms with Gasteiger partial charge in [0.15, 0.2) is 0 Å². The van der Waals surface area contributed by atoms with E-state index in [9.17, 15) is 8.42 Å². The van der Waals surface area contributed by atoms with Crippen LogP contribution in [-0.4, -0.2) is 64.2 Å². The van der Waals surface area contributed by atoms with Gasteiger partial charge in [0.1, 0.15) is 12.1 Å². The van der Waals surface area contributed by atoms with Crippen molar-refractivity contribution in [2.24, 2.45) is 0 Å².